The van der Waals surface area contributed by atoms with Crippen molar-refractivity contribution in [1.82, 2.24) is 10.2 Å². The highest BCUT2D eigenvalue weighted by Gasteiger charge is 2.22. The minimum atomic E-state index is -0.842. The maximum Gasteiger partial charge on any atom is 0.413 e. The zero-order valence-electron chi connectivity index (χ0n) is 12.6. The summed E-state index contributed by atoms with van der Waals surface area (Å²) in [5.74, 6) is -0.881. The van der Waals surface area contributed by atoms with Gasteiger partial charge in [-0.05, 0) is 26.1 Å². The van der Waals surface area contributed by atoms with Gasteiger partial charge >= 0.3 is 6.09 Å². The fourth-order valence-electron chi connectivity index (χ4n) is 1.57. The Kier molecular flexibility index (Phi) is 6.81. The molecule has 0 aliphatic rings. The van der Waals surface area contributed by atoms with E-state index in [0.717, 1.165) is 7.11 Å². The van der Waals surface area contributed by atoms with Crippen LogP contribution in [0.4, 0.5) is 10.5 Å². The lowest BCUT2D eigenvalue weighted by atomic mass is 10.2. The normalized spacial score (nSPS) is 11.7. The van der Waals surface area contributed by atoms with Crippen LogP contribution < -0.4 is 10.6 Å². The summed E-state index contributed by atoms with van der Waals surface area (Å²) >= 11 is 5.95. The van der Waals surface area contributed by atoms with E-state index < -0.39 is 18.0 Å². The number of amides is 3. The number of hydrogen-bond acceptors (Lipinski definition) is 5. The standard InChI is InChI=1S/C14H18ClN3O4/c1-9(13(20)17-14(21)22-3)18(2)8-12(19)16-11-7-5-4-6-10(11)15/h4-7,9H,8H2,1-3H3,(H,16,19)(H,17,20,21)/t9-/m1/s1. The molecule has 3 amide bonds. The summed E-state index contributed by atoms with van der Waals surface area (Å²) in [6, 6.07) is 6.15. The summed E-state index contributed by atoms with van der Waals surface area (Å²) in [6.07, 6.45) is -0.842. The fourth-order valence-corrected chi connectivity index (χ4v) is 1.75. The van der Waals surface area contributed by atoms with Crippen LogP contribution in [0.25, 0.3) is 0 Å². The van der Waals surface area contributed by atoms with E-state index in [1.807, 2.05) is 5.32 Å². The van der Waals surface area contributed by atoms with Crippen molar-refractivity contribution in [2.45, 2.75) is 13.0 Å². The van der Waals surface area contributed by atoms with Crippen LogP contribution in [0.3, 0.4) is 0 Å². The first kappa shape index (κ1) is 17.9. The molecule has 1 atom stereocenters. The fraction of sp³-hybridized carbons (Fsp3) is 0.357. The van der Waals surface area contributed by atoms with Crippen molar-refractivity contribution in [3.05, 3.63) is 29.3 Å². The van der Waals surface area contributed by atoms with E-state index in [4.69, 9.17) is 11.6 Å². The highest BCUT2D eigenvalue weighted by atomic mass is 35.5. The number of anilines is 1. The van der Waals surface area contributed by atoms with Crippen LogP contribution in [-0.4, -0.2) is 49.6 Å². The number of hydrogen-bond donors (Lipinski definition) is 2. The van der Waals surface area contributed by atoms with Gasteiger partial charge in [0.1, 0.15) is 0 Å². The van der Waals surface area contributed by atoms with Crippen molar-refractivity contribution in [3.63, 3.8) is 0 Å². The SMILES string of the molecule is COC(=O)NC(=O)[C@@H](C)N(C)CC(=O)Nc1ccccc1Cl. The van der Waals surface area contributed by atoms with Gasteiger partial charge in [-0.2, -0.15) is 0 Å². The number of alkyl carbamates (subject to hydrolysis) is 1. The number of benzene rings is 1. The molecule has 22 heavy (non-hydrogen) atoms. The van der Waals surface area contributed by atoms with Crippen LogP contribution in [0.15, 0.2) is 24.3 Å². The number of rotatable bonds is 5. The first-order valence-electron chi connectivity index (χ1n) is 6.48. The smallest absolute Gasteiger partial charge is 0.413 e. The van der Waals surface area contributed by atoms with Gasteiger partial charge in [-0.15, -0.1) is 0 Å². The molecule has 0 saturated carbocycles. The Morgan fingerprint density at radius 3 is 2.55 bits per heavy atom. The third-order valence-electron chi connectivity index (χ3n) is 2.99. The molecule has 0 heterocycles. The highest BCUT2D eigenvalue weighted by Crippen LogP contribution is 2.20. The third kappa shape index (κ3) is 5.34. The van der Waals surface area contributed by atoms with E-state index in [1.54, 1.807) is 38.2 Å². The van der Waals surface area contributed by atoms with E-state index in [2.05, 4.69) is 10.1 Å². The average Bonchev–Trinajstić information content (AvgIpc) is 2.48. The van der Waals surface area contributed by atoms with E-state index in [0.29, 0.717) is 10.7 Å². The minimum Gasteiger partial charge on any atom is -0.453 e. The van der Waals surface area contributed by atoms with E-state index in [-0.39, 0.29) is 12.5 Å². The Bertz CT molecular complexity index is 565. The summed E-state index contributed by atoms with van der Waals surface area (Å²) in [5, 5.41) is 5.12. The molecule has 0 radical (unpaired) electrons. The number of likely N-dealkylation sites (N-methyl/N-ethyl adjacent to an activating group) is 1. The zero-order chi connectivity index (χ0) is 16.7. The number of methoxy groups -OCH3 is 1. The molecule has 120 valence electrons. The number of nitrogens with zero attached hydrogens (tertiary/aromatic N) is 1. The van der Waals surface area contributed by atoms with Gasteiger partial charge < -0.3 is 10.1 Å². The van der Waals surface area contributed by atoms with Crippen LogP contribution in [0, 0.1) is 0 Å². The van der Waals surface area contributed by atoms with E-state index in [9.17, 15) is 14.4 Å². The number of carbonyl (C=O) groups excluding carboxylic acids is 3. The maximum atomic E-state index is 11.9. The Labute approximate surface area is 133 Å². The summed E-state index contributed by atoms with van der Waals surface area (Å²) in [4.78, 5) is 36.2. The predicted octanol–water partition coefficient (Wildman–Crippen LogP) is 1.48. The first-order chi connectivity index (χ1) is 10.3. The molecular weight excluding hydrogens is 310 g/mol. The van der Waals surface area contributed by atoms with E-state index in [1.165, 1.54) is 4.90 Å². The van der Waals surface area contributed by atoms with Crippen molar-refractivity contribution < 1.29 is 19.1 Å². The molecule has 1 aromatic rings. The van der Waals surface area contributed by atoms with Gasteiger partial charge in [0.15, 0.2) is 0 Å². The number of para-hydroxylation sites is 1. The molecule has 0 spiro atoms. The van der Waals surface area contributed by atoms with Gasteiger partial charge in [0.05, 0.1) is 30.4 Å². The topological polar surface area (TPSA) is 87.7 Å². The molecular formula is C14H18ClN3O4. The molecule has 0 unspecified atom stereocenters. The first-order valence-corrected chi connectivity index (χ1v) is 6.86. The Balaban J connectivity index is 2.55. The number of ether oxygens (including phenoxy) is 1. The molecule has 0 saturated heterocycles. The summed E-state index contributed by atoms with van der Waals surface area (Å²) in [5.41, 5.74) is 0.495. The van der Waals surface area contributed by atoms with Gasteiger partial charge in [-0.1, -0.05) is 23.7 Å². The highest BCUT2D eigenvalue weighted by molar-refractivity contribution is 6.33. The molecule has 8 heteroatoms. The summed E-state index contributed by atoms with van der Waals surface area (Å²) in [7, 11) is 2.75. The second-order valence-electron chi connectivity index (χ2n) is 4.60. The molecule has 0 bridgehead atoms. The molecule has 2 N–H and O–H groups in total. The molecule has 7 nitrogen and oxygen atoms in total. The Morgan fingerprint density at radius 1 is 1.32 bits per heavy atom. The van der Waals surface area contributed by atoms with Crippen LogP contribution in [0.2, 0.25) is 5.02 Å². The molecule has 0 aliphatic heterocycles. The Hall–Kier alpha value is -2.12. The second-order valence-corrected chi connectivity index (χ2v) is 5.01. The van der Waals surface area contributed by atoms with Gasteiger partial charge in [-0.25, -0.2) is 4.79 Å². The van der Waals surface area contributed by atoms with Crippen LogP contribution in [0.5, 0.6) is 0 Å². The number of nitrogens with one attached hydrogen (secondary N) is 2. The van der Waals surface area contributed by atoms with Gasteiger partial charge in [0, 0.05) is 0 Å². The van der Waals surface area contributed by atoms with Crippen molar-refractivity contribution in [3.8, 4) is 0 Å². The number of halogens is 1. The van der Waals surface area contributed by atoms with Crippen LogP contribution in [-0.2, 0) is 14.3 Å². The lowest BCUT2D eigenvalue weighted by molar-refractivity contribution is -0.125. The van der Waals surface area contributed by atoms with Gasteiger partial charge in [-0.3, -0.25) is 19.8 Å². The largest absolute Gasteiger partial charge is 0.453 e. The summed E-state index contributed by atoms with van der Waals surface area (Å²) in [6.45, 7) is 1.53. The van der Waals surface area contributed by atoms with Crippen molar-refractivity contribution in [2.75, 3.05) is 26.0 Å². The molecule has 0 aliphatic carbocycles. The quantitative estimate of drug-likeness (QED) is 0.855. The molecule has 0 aromatic heterocycles. The average molecular weight is 328 g/mol. The lowest BCUT2D eigenvalue weighted by Gasteiger charge is -2.22. The van der Waals surface area contributed by atoms with Crippen molar-refractivity contribution in [2.24, 2.45) is 0 Å². The summed E-state index contributed by atoms with van der Waals surface area (Å²) < 4.78 is 4.34. The van der Waals surface area contributed by atoms with Crippen LogP contribution >= 0.6 is 11.6 Å². The van der Waals surface area contributed by atoms with E-state index >= 15 is 0 Å². The molecule has 1 aromatic carbocycles. The molecule has 1 rings (SSSR count). The van der Waals surface area contributed by atoms with Crippen molar-refractivity contribution >= 4 is 35.2 Å². The minimum absolute atomic E-state index is 0.0407. The lowest BCUT2D eigenvalue weighted by Crippen LogP contribution is -2.47. The predicted molar refractivity (Wildman–Crippen MR) is 82.7 cm³/mol. The van der Waals surface area contributed by atoms with Gasteiger partial charge in [0.25, 0.3) is 0 Å². The van der Waals surface area contributed by atoms with Gasteiger partial charge in [0.2, 0.25) is 11.8 Å². The Morgan fingerprint density at radius 2 is 1.95 bits per heavy atom. The molecule has 0 fully saturated rings. The maximum absolute atomic E-state index is 11.9. The zero-order valence-corrected chi connectivity index (χ0v) is 13.3. The monoisotopic (exact) mass is 327 g/mol. The van der Waals surface area contributed by atoms with Crippen LogP contribution in [0.1, 0.15) is 6.92 Å². The second kappa shape index (κ2) is 8.35. The number of carbonyl (C=O) groups is 3. The number of imide groups is 1. The third-order valence-corrected chi connectivity index (χ3v) is 3.32. The van der Waals surface area contributed by atoms with Crippen molar-refractivity contribution in [1.29, 1.82) is 0 Å².